The largest absolute Gasteiger partial charge is 0.334 e. The normalized spacial score (nSPS) is 34.1. The van der Waals surface area contributed by atoms with Crippen LogP contribution in [0.1, 0.15) is 27.7 Å². The third kappa shape index (κ3) is 2.12. The summed E-state index contributed by atoms with van der Waals surface area (Å²) in [6, 6.07) is 0. The second kappa shape index (κ2) is 4.41. The van der Waals surface area contributed by atoms with E-state index in [9.17, 15) is 4.79 Å². The van der Waals surface area contributed by atoms with Gasteiger partial charge in [-0.05, 0) is 27.7 Å². The first kappa shape index (κ1) is 15.2. The molecule has 1 fully saturated rings. The number of amides is 1. The van der Waals surface area contributed by atoms with Gasteiger partial charge >= 0.3 is 0 Å². The zero-order valence-corrected chi connectivity index (χ0v) is 13.8. The molecule has 2 rings (SSSR count). The number of allylic oxidation sites excluding steroid dienone is 3. The third-order valence-electron chi connectivity index (χ3n) is 3.83. The molecule has 0 aromatic carbocycles. The Morgan fingerprint density at radius 2 is 1.95 bits per heavy atom. The summed E-state index contributed by atoms with van der Waals surface area (Å²) in [7, 11) is 0. The second-order valence-electron chi connectivity index (χ2n) is 6.33. The highest BCUT2D eigenvalue weighted by atomic mass is 35.5. The smallest absolute Gasteiger partial charge is 0.260 e. The van der Waals surface area contributed by atoms with Crippen LogP contribution in [0.25, 0.3) is 0 Å². The Balaban J connectivity index is 2.54. The lowest BCUT2D eigenvalue weighted by atomic mass is 9.77. The van der Waals surface area contributed by atoms with Crippen molar-refractivity contribution in [3.8, 4) is 0 Å². The van der Waals surface area contributed by atoms with Crippen molar-refractivity contribution >= 4 is 40.7 Å². The topological polar surface area (TPSA) is 20.3 Å². The molecule has 2 atom stereocenters. The lowest BCUT2D eigenvalue weighted by molar-refractivity contribution is -0.132. The van der Waals surface area contributed by atoms with E-state index in [1.54, 1.807) is 4.90 Å². The molecule has 0 bridgehead atoms. The zero-order chi connectivity index (χ0) is 14.6. The summed E-state index contributed by atoms with van der Waals surface area (Å²) >= 11 is 19.3. The van der Waals surface area contributed by atoms with Gasteiger partial charge in [0.05, 0.1) is 10.8 Å². The van der Waals surface area contributed by atoms with E-state index in [4.69, 9.17) is 34.8 Å². The maximum Gasteiger partial charge on any atom is 0.260 e. The lowest BCUT2D eigenvalue weighted by Gasteiger charge is -2.38. The average Bonchev–Trinajstić information content (AvgIpc) is 2.45. The number of likely N-dealkylation sites (tertiary alicyclic amines) is 1. The molecule has 2 aliphatic rings. The Kier molecular flexibility index (Phi) is 3.53. The van der Waals surface area contributed by atoms with E-state index in [0.29, 0.717) is 6.54 Å². The average molecular weight is 323 g/mol. The predicted octanol–water partition coefficient (Wildman–Crippen LogP) is 3.91. The molecule has 5 heteroatoms. The van der Waals surface area contributed by atoms with Crippen LogP contribution in [0.5, 0.6) is 0 Å². The fourth-order valence-corrected chi connectivity index (χ4v) is 3.83. The molecule has 1 amide bonds. The molecule has 106 valence electrons. The molecule has 0 radical (unpaired) electrons. The number of carbonyl (C=O) groups excluding carboxylic acids is 1. The Hall–Kier alpha value is -0.180. The molecular formula is C14H18Cl3NO. The molecular weight excluding hydrogens is 305 g/mol. The molecule has 0 saturated carbocycles. The first-order valence-corrected chi connectivity index (χ1v) is 7.43. The van der Waals surface area contributed by atoms with Crippen LogP contribution in [0.2, 0.25) is 0 Å². The van der Waals surface area contributed by atoms with Gasteiger partial charge in [0.15, 0.2) is 0 Å². The third-order valence-corrected chi connectivity index (χ3v) is 5.40. The maximum absolute atomic E-state index is 12.5. The van der Waals surface area contributed by atoms with Crippen molar-refractivity contribution in [3.05, 3.63) is 23.8 Å². The monoisotopic (exact) mass is 321 g/mol. The lowest BCUT2D eigenvalue weighted by Crippen LogP contribution is -2.46. The number of alkyl halides is 3. The molecule has 0 aromatic rings. The second-order valence-corrected chi connectivity index (χ2v) is 8.12. The number of carbonyl (C=O) groups is 1. The molecule has 1 spiro atoms. The first-order valence-electron chi connectivity index (χ1n) is 6.24. The molecule has 2 nitrogen and oxygen atoms in total. The standard InChI is InChI=1S/C14H18Cl3NO/c1-9-5-6-10(15)13(7-9)8-18(12(2,3)4)11(19)14(13,16)17/h5-7,10H,8H2,1-4H3/t10-,13?/m1/s1. The van der Waals surface area contributed by atoms with E-state index >= 15 is 0 Å². The van der Waals surface area contributed by atoms with Crippen molar-refractivity contribution in [2.75, 3.05) is 6.54 Å². The van der Waals surface area contributed by atoms with Crippen LogP contribution >= 0.6 is 34.8 Å². The number of rotatable bonds is 0. The van der Waals surface area contributed by atoms with Gasteiger partial charge in [0.1, 0.15) is 0 Å². The van der Waals surface area contributed by atoms with Crippen LogP contribution in [0, 0.1) is 5.41 Å². The Bertz CT molecular complexity index is 476. The van der Waals surface area contributed by atoms with E-state index in [2.05, 4.69) is 0 Å². The summed E-state index contributed by atoms with van der Waals surface area (Å²) in [6.45, 7) is 8.28. The minimum absolute atomic E-state index is 0.270. The van der Waals surface area contributed by atoms with Crippen LogP contribution in [0.15, 0.2) is 23.8 Å². The van der Waals surface area contributed by atoms with Gasteiger partial charge in [-0.1, -0.05) is 47.0 Å². The van der Waals surface area contributed by atoms with E-state index in [0.717, 1.165) is 5.57 Å². The summed E-state index contributed by atoms with van der Waals surface area (Å²) in [5, 5.41) is -0.400. The highest BCUT2D eigenvalue weighted by Gasteiger charge is 2.65. The van der Waals surface area contributed by atoms with Crippen LogP contribution in [-0.4, -0.2) is 32.6 Å². The highest BCUT2D eigenvalue weighted by Crippen LogP contribution is 2.56. The van der Waals surface area contributed by atoms with Crippen LogP contribution < -0.4 is 0 Å². The Morgan fingerprint density at radius 3 is 2.42 bits per heavy atom. The minimum atomic E-state index is -1.53. The van der Waals surface area contributed by atoms with E-state index in [-0.39, 0.29) is 11.4 Å². The predicted molar refractivity (Wildman–Crippen MR) is 80.9 cm³/mol. The molecule has 1 heterocycles. The molecule has 19 heavy (non-hydrogen) atoms. The number of nitrogens with zero attached hydrogens (tertiary/aromatic N) is 1. The summed E-state index contributed by atoms with van der Waals surface area (Å²) in [4.78, 5) is 14.3. The SMILES string of the molecule is CC1=CC2(CN(C(C)(C)C)C(=O)C2(Cl)Cl)[C@H](Cl)C=C1. The number of halogens is 3. The minimum Gasteiger partial charge on any atom is -0.334 e. The van der Waals surface area contributed by atoms with Crippen molar-refractivity contribution in [2.45, 2.75) is 42.9 Å². The fourth-order valence-electron chi connectivity index (χ4n) is 2.68. The quantitative estimate of drug-likeness (QED) is 0.619. The van der Waals surface area contributed by atoms with Crippen LogP contribution in [-0.2, 0) is 4.79 Å². The zero-order valence-electron chi connectivity index (χ0n) is 11.5. The number of hydrogen-bond acceptors (Lipinski definition) is 1. The van der Waals surface area contributed by atoms with Crippen molar-refractivity contribution in [3.63, 3.8) is 0 Å². The van der Waals surface area contributed by atoms with Crippen molar-refractivity contribution < 1.29 is 4.79 Å². The van der Waals surface area contributed by atoms with Gasteiger partial charge in [-0.2, -0.15) is 0 Å². The van der Waals surface area contributed by atoms with Crippen molar-refractivity contribution in [2.24, 2.45) is 5.41 Å². The summed E-state index contributed by atoms with van der Waals surface area (Å²) in [5.41, 5.74) is -0.0955. The fraction of sp³-hybridized carbons (Fsp3) is 0.643. The van der Waals surface area contributed by atoms with Gasteiger partial charge in [0.25, 0.3) is 5.91 Å². The molecule has 0 N–H and O–H groups in total. The van der Waals surface area contributed by atoms with Gasteiger partial charge in [-0.15, -0.1) is 11.6 Å². The van der Waals surface area contributed by atoms with Crippen LogP contribution in [0.4, 0.5) is 0 Å². The summed E-state index contributed by atoms with van der Waals surface area (Å²) < 4.78 is -1.53. The van der Waals surface area contributed by atoms with Crippen LogP contribution in [0.3, 0.4) is 0 Å². The van der Waals surface area contributed by atoms with Crippen molar-refractivity contribution in [1.29, 1.82) is 0 Å². The first-order chi connectivity index (χ1) is 8.52. The Labute approximate surface area is 129 Å². The molecule has 1 saturated heterocycles. The highest BCUT2D eigenvalue weighted by molar-refractivity contribution is 6.59. The van der Waals surface area contributed by atoms with Gasteiger partial charge in [-0.25, -0.2) is 0 Å². The van der Waals surface area contributed by atoms with Gasteiger partial charge in [0, 0.05) is 12.1 Å². The molecule has 1 aliphatic heterocycles. The van der Waals surface area contributed by atoms with Gasteiger partial charge in [-0.3, -0.25) is 4.79 Å². The van der Waals surface area contributed by atoms with Crippen molar-refractivity contribution in [1.82, 2.24) is 4.90 Å². The maximum atomic E-state index is 12.5. The Morgan fingerprint density at radius 1 is 1.37 bits per heavy atom. The number of hydrogen-bond donors (Lipinski definition) is 0. The van der Waals surface area contributed by atoms with Gasteiger partial charge in [0.2, 0.25) is 4.33 Å². The van der Waals surface area contributed by atoms with E-state index < -0.39 is 15.1 Å². The molecule has 1 aliphatic carbocycles. The van der Waals surface area contributed by atoms with Gasteiger partial charge < -0.3 is 4.90 Å². The summed E-state index contributed by atoms with van der Waals surface area (Å²) in [6.07, 6.45) is 5.72. The summed E-state index contributed by atoms with van der Waals surface area (Å²) in [5.74, 6) is -0.270. The van der Waals surface area contributed by atoms with E-state index in [1.165, 1.54) is 0 Å². The van der Waals surface area contributed by atoms with E-state index in [1.807, 2.05) is 45.9 Å². The molecule has 0 aromatic heterocycles. The molecule has 1 unspecified atom stereocenters.